The molecule has 11 rings (SSSR count). The van der Waals surface area contributed by atoms with Crippen LogP contribution in [0.15, 0.2) is 218 Å². The highest BCUT2D eigenvalue weighted by molar-refractivity contribution is 6.17. The Morgan fingerprint density at radius 3 is 1.36 bits per heavy atom. The van der Waals surface area contributed by atoms with Crippen LogP contribution in [0.2, 0.25) is 0 Å². The van der Waals surface area contributed by atoms with Gasteiger partial charge in [0.25, 0.3) is 0 Å². The lowest BCUT2D eigenvalue weighted by atomic mass is 9.98. The first-order chi connectivity index (χ1) is 27.8. The van der Waals surface area contributed by atoms with E-state index in [1.165, 1.54) is 88.1 Å². The number of para-hydroxylation sites is 2. The van der Waals surface area contributed by atoms with E-state index in [1.807, 2.05) is 0 Å². The molecule has 0 bridgehead atoms. The van der Waals surface area contributed by atoms with Crippen LogP contribution in [0.25, 0.3) is 99.5 Å². The quantitative estimate of drug-likeness (QED) is 0.162. The maximum absolute atomic E-state index is 2.43. The summed E-state index contributed by atoms with van der Waals surface area (Å²) in [5, 5.41) is 5.00. The van der Waals surface area contributed by atoms with Gasteiger partial charge in [-0.25, -0.2) is 0 Å². The Kier molecular flexibility index (Phi) is 7.53. The third kappa shape index (κ3) is 5.26. The number of hydrogen-bond acceptors (Lipinski definition) is 0. The van der Waals surface area contributed by atoms with Crippen LogP contribution in [0.5, 0.6) is 0 Å². The monoisotopic (exact) mass is 712 g/mol. The molecule has 0 spiro atoms. The van der Waals surface area contributed by atoms with E-state index in [0.29, 0.717) is 0 Å². The molecule has 11 aromatic rings. The first-order valence-corrected chi connectivity index (χ1v) is 19.3. The highest BCUT2D eigenvalue weighted by Gasteiger charge is 2.19. The lowest BCUT2D eigenvalue weighted by Crippen LogP contribution is -1.95. The van der Waals surface area contributed by atoms with Crippen LogP contribution >= 0.6 is 0 Å². The van der Waals surface area contributed by atoms with Crippen LogP contribution in [-0.4, -0.2) is 9.13 Å². The summed E-state index contributed by atoms with van der Waals surface area (Å²) in [6.45, 7) is 0. The molecule has 2 nitrogen and oxygen atoms in total. The van der Waals surface area contributed by atoms with Crippen LogP contribution in [-0.2, 0) is 0 Å². The molecular weight excluding hydrogens is 677 g/mol. The molecule has 0 saturated carbocycles. The van der Waals surface area contributed by atoms with Gasteiger partial charge in [-0.3, -0.25) is 0 Å². The van der Waals surface area contributed by atoms with E-state index in [2.05, 4.69) is 228 Å². The van der Waals surface area contributed by atoms with Crippen LogP contribution in [0.3, 0.4) is 0 Å². The molecule has 0 N–H and O–H groups in total. The lowest BCUT2D eigenvalue weighted by molar-refractivity contribution is 1.18. The van der Waals surface area contributed by atoms with Crippen LogP contribution in [0, 0.1) is 0 Å². The Balaban J connectivity index is 1.07. The zero-order valence-electron chi connectivity index (χ0n) is 30.7. The average molecular weight is 713 g/mol. The fourth-order valence-corrected chi connectivity index (χ4v) is 8.75. The Labute approximate surface area is 325 Å². The van der Waals surface area contributed by atoms with Crippen molar-refractivity contribution in [2.45, 2.75) is 0 Å². The van der Waals surface area contributed by atoms with Gasteiger partial charge in [0.05, 0.1) is 22.1 Å². The fraction of sp³-hybridized carbons (Fsp3) is 0. The summed E-state index contributed by atoms with van der Waals surface area (Å²) in [6.07, 6.45) is 0. The van der Waals surface area contributed by atoms with Crippen LogP contribution in [0.1, 0.15) is 0 Å². The van der Waals surface area contributed by atoms with E-state index in [4.69, 9.17) is 0 Å². The normalized spacial score (nSPS) is 11.6. The van der Waals surface area contributed by atoms with E-state index < -0.39 is 0 Å². The van der Waals surface area contributed by atoms with Crippen molar-refractivity contribution in [3.8, 4) is 55.9 Å². The number of benzene rings is 9. The predicted molar refractivity (Wildman–Crippen MR) is 237 cm³/mol. The highest BCUT2D eigenvalue weighted by Crippen LogP contribution is 2.42. The van der Waals surface area contributed by atoms with Crippen molar-refractivity contribution in [3.63, 3.8) is 0 Å². The molecular formula is C54H36N2. The van der Waals surface area contributed by atoms with Crippen LogP contribution < -0.4 is 0 Å². The summed E-state index contributed by atoms with van der Waals surface area (Å²) >= 11 is 0. The minimum atomic E-state index is 1.15. The van der Waals surface area contributed by atoms with Crippen molar-refractivity contribution < 1.29 is 0 Å². The molecule has 0 unspecified atom stereocenters. The van der Waals surface area contributed by atoms with Crippen molar-refractivity contribution in [2.24, 2.45) is 0 Å². The molecule has 2 aromatic heterocycles. The molecule has 0 radical (unpaired) electrons. The first-order valence-electron chi connectivity index (χ1n) is 19.3. The topological polar surface area (TPSA) is 9.86 Å². The van der Waals surface area contributed by atoms with Gasteiger partial charge in [0.15, 0.2) is 0 Å². The van der Waals surface area contributed by atoms with Crippen molar-refractivity contribution in [1.82, 2.24) is 9.13 Å². The fourth-order valence-electron chi connectivity index (χ4n) is 8.75. The van der Waals surface area contributed by atoms with Gasteiger partial charge in [0, 0.05) is 32.9 Å². The molecule has 0 aliphatic carbocycles. The van der Waals surface area contributed by atoms with Gasteiger partial charge in [0.2, 0.25) is 0 Å². The van der Waals surface area contributed by atoms with E-state index in [-0.39, 0.29) is 0 Å². The molecule has 0 aliphatic rings. The van der Waals surface area contributed by atoms with Gasteiger partial charge >= 0.3 is 0 Å². The molecule has 56 heavy (non-hydrogen) atoms. The molecule has 2 heteroatoms. The summed E-state index contributed by atoms with van der Waals surface area (Å²) in [5.74, 6) is 0. The molecule has 0 atom stereocenters. The number of nitrogens with zero attached hydrogens (tertiary/aromatic N) is 2. The van der Waals surface area contributed by atoms with Gasteiger partial charge in [0.1, 0.15) is 0 Å². The first kappa shape index (κ1) is 32.0. The average Bonchev–Trinajstić information content (AvgIpc) is 3.80. The van der Waals surface area contributed by atoms with E-state index in [1.54, 1.807) is 0 Å². The van der Waals surface area contributed by atoms with Crippen LogP contribution in [0.4, 0.5) is 0 Å². The van der Waals surface area contributed by atoms with Crippen molar-refractivity contribution in [3.05, 3.63) is 218 Å². The summed E-state index contributed by atoms with van der Waals surface area (Å²) in [7, 11) is 0. The third-order valence-electron chi connectivity index (χ3n) is 11.3. The summed E-state index contributed by atoms with van der Waals surface area (Å²) in [5.41, 5.74) is 16.8. The second-order valence-electron chi connectivity index (χ2n) is 14.6. The third-order valence-corrected chi connectivity index (χ3v) is 11.3. The second-order valence-corrected chi connectivity index (χ2v) is 14.6. The maximum Gasteiger partial charge on any atom is 0.0547 e. The summed E-state index contributed by atoms with van der Waals surface area (Å²) in [6, 6.07) is 79.4. The summed E-state index contributed by atoms with van der Waals surface area (Å²) < 4.78 is 4.85. The maximum atomic E-state index is 2.43. The number of hydrogen-bond donors (Lipinski definition) is 0. The molecule has 0 fully saturated rings. The van der Waals surface area contributed by atoms with E-state index in [9.17, 15) is 0 Å². The molecule has 0 amide bonds. The van der Waals surface area contributed by atoms with E-state index in [0.717, 1.165) is 11.4 Å². The van der Waals surface area contributed by atoms with Gasteiger partial charge in [-0.15, -0.1) is 0 Å². The molecule has 2 heterocycles. The smallest absolute Gasteiger partial charge is 0.0547 e. The van der Waals surface area contributed by atoms with Crippen molar-refractivity contribution in [2.75, 3.05) is 0 Å². The highest BCUT2D eigenvalue weighted by atomic mass is 15.0. The molecule has 9 aromatic carbocycles. The minimum Gasteiger partial charge on any atom is -0.309 e. The molecule has 0 aliphatic heterocycles. The Bertz CT molecular complexity index is 3240. The van der Waals surface area contributed by atoms with Crippen molar-refractivity contribution >= 4 is 43.6 Å². The second kappa shape index (κ2) is 13.2. The van der Waals surface area contributed by atoms with Gasteiger partial charge in [-0.2, -0.15) is 0 Å². The zero-order chi connectivity index (χ0) is 37.0. The standard InChI is InChI=1S/C54H36N2/c1-3-15-37(16-4-1)39-19-11-20-40(33-39)42-22-13-24-45(35-42)56-51-29-10-8-26-48(51)54-46(27-14-30-53(54)56)43-31-32-52-49(36-43)47-25-7-9-28-50(47)55(52)44-23-12-21-41(34-44)38-17-5-2-6-18-38/h1-36H. The number of aromatic nitrogens is 2. The SMILES string of the molecule is c1ccc(-c2cccc(-c3cccc(-n4c5ccccc5c5c(-c6ccc7c(c6)c6ccccc6n7-c6cccc(-c7ccccc7)c6)cccc54)c3)c2)cc1. The predicted octanol–water partition coefficient (Wildman–Crippen LogP) is 14.5. The largest absolute Gasteiger partial charge is 0.309 e. The van der Waals surface area contributed by atoms with Gasteiger partial charge < -0.3 is 9.13 Å². The van der Waals surface area contributed by atoms with Crippen molar-refractivity contribution in [1.29, 1.82) is 0 Å². The summed E-state index contributed by atoms with van der Waals surface area (Å²) in [4.78, 5) is 0. The Hall–Kier alpha value is -7.42. The van der Waals surface area contributed by atoms with E-state index >= 15 is 0 Å². The molecule has 262 valence electrons. The minimum absolute atomic E-state index is 1.15. The number of rotatable bonds is 6. The zero-order valence-corrected chi connectivity index (χ0v) is 30.7. The Morgan fingerprint density at radius 2 is 0.679 bits per heavy atom. The Morgan fingerprint density at radius 1 is 0.232 bits per heavy atom. The van der Waals surface area contributed by atoms with Gasteiger partial charge in [-0.05, 0) is 105 Å². The van der Waals surface area contributed by atoms with Gasteiger partial charge in [-0.1, -0.05) is 158 Å². The number of fused-ring (bicyclic) bond motifs is 6. The molecule has 0 saturated heterocycles. The lowest BCUT2D eigenvalue weighted by Gasteiger charge is -2.12.